The molecule has 32 heavy (non-hydrogen) atoms. The first kappa shape index (κ1) is 21.6. The van der Waals surface area contributed by atoms with Crippen molar-refractivity contribution in [3.8, 4) is 22.8 Å². The highest BCUT2D eigenvalue weighted by molar-refractivity contribution is 7.99. The minimum absolute atomic E-state index is 0.125. The van der Waals surface area contributed by atoms with Crippen LogP contribution in [-0.2, 0) is 11.8 Å². The Balaban J connectivity index is 1.61. The minimum Gasteiger partial charge on any atom is -0.497 e. The van der Waals surface area contributed by atoms with Gasteiger partial charge in [0, 0.05) is 18.3 Å². The number of thioether (sulfide) groups is 1. The molecule has 0 saturated heterocycles. The zero-order valence-corrected chi connectivity index (χ0v) is 19.2. The van der Waals surface area contributed by atoms with Gasteiger partial charge in [-0.3, -0.25) is 14.0 Å². The number of ether oxygens (including phenoxy) is 1. The summed E-state index contributed by atoms with van der Waals surface area (Å²) in [6.45, 7) is 3.80. The highest BCUT2D eigenvalue weighted by Crippen LogP contribution is 2.30. The van der Waals surface area contributed by atoms with Gasteiger partial charge in [-0.15, -0.1) is 10.2 Å². The number of methoxy groups -OCH3 is 1. The number of benzene rings is 2. The van der Waals surface area contributed by atoms with E-state index in [1.807, 2.05) is 80.1 Å². The van der Waals surface area contributed by atoms with E-state index < -0.39 is 0 Å². The van der Waals surface area contributed by atoms with Crippen LogP contribution in [-0.4, -0.2) is 43.3 Å². The Morgan fingerprint density at radius 1 is 1.09 bits per heavy atom. The van der Waals surface area contributed by atoms with Crippen LogP contribution in [0.15, 0.2) is 59.8 Å². The van der Waals surface area contributed by atoms with E-state index in [9.17, 15) is 4.79 Å². The summed E-state index contributed by atoms with van der Waals surface area (Å²) in [6, 6.07) is 17.5. The molecule has 8 nitrogen and oxygen atoms in total. The van der Waals surface area contributed by atoms with Crippen LogP contribution in [0.2, 0.25) is 0 Å². The highest BCUT2D eigenvalue weighted by Gasteiger charge is 2.19. The number of nitrogens with zero attached hydrogens (tertiary/aromatic N) is 5. The third-order valence-corrected chi connectivity index (χ3v) is 6.01. The van der Waals surface area contributed by atoms with Crippen LogP contribution >= 0.6 is 11.8 Å². The lowest BCUT2D eigenvalue weighted by atomic mass is 10.2. The second-order valence-electron chi connectivity index (χ2n) is 7.22. The Kier molecular flexibility index (Phi) is 6.27. The predicted molar refractivity (Wildman–Crippen MR) is 125 cm³/mol. The lowest BCUT2D eigenvalue weighted by molar-refractivity contribution is -0.113. The fourth-order valence-corrected chi connectivity index (χ4v) is 4.13. The fourth-order valence-electron chi connectivity index (χ4n) is 3.38. The molecule has 0 fully saturated rings. The molecule has 0 atom stereocenters. The van der Waals surface area contributed by atoms with Gasteiger partial charge in [0.15, 0.2) is 11.0 Å². The summed E-state index contributed by atoms with van der Waals surface area (Å²) >= 11 is 1.33. The Morgan fingerprint density at radius 2 is 1.88 bits per heavy atom. The zero-order valence-electron chi connectivity index (χ0n) is 18.4. The highest BCUT2D eigenvalue weighted by atomic mass is 32.2. The summed E-state index contributed by atoms with van der Waals surface area (Å²) in [5, 5.41) is 16.7. The Morgan fingerprint density at radius 3 is 2.56 bits per heavy atom. The van der Waals surface area contributed by atoms with E-state index in [0.29, 0.717) is 11.0 Å². The molecular formula is C23H24N6O2S. The number of hydrogen-bond donors (Lipinski definition) is 1. The number of nitrogens with one attached hydrogen (secondary N) is 1. The van der Waals surface area contributed by atoms with Crippen molar-refractivity contribution in [2.24, 2.45) is 7.05 Å². The Labute approximate surface area is 190 Å². The minimum atomic E-state index is -0.125. The molecule has 4 rings (SSSR count). The number of carbonyl (C=O) groups is 1. The second kappa shape index (κ2) is 9.27. The number of aromatic nitrogens is 5. The van der Waals surface area contributed by atoms with Gasteiger partial charge >= 0.3 is 0 Å². The topological polar surface area (TPSA) is 86.9 Å². The van der Waals surface area contributed by atoms with E-state index in [0.717, 1.165) is 34.1 Å². The lowest BCUT2D eigenvalue weighted by Gasteiger charge is -2.11. The average Bonchev–Trinajstić information content (AvgIpc) is 3.34. The van der Waals surface area contributed by atoms with Crippen molar-refractivity contribution in [3.05, 3.63) is 66.0 Å². The molecule has 0 aliphatic carbocycles. The van der Waals surface area contributed by atoms with Gasteiger partial charge in [-0.1, -0.05) is 42.1 Å². The van der Waals surface area contributed by atoms with Crippen molar-refractivity contribution in [3.63, 3.8) is 0 Å². The van der Waals surface area contributed by atoms with Crippen molar-refractivity contribution >= 4 is 23.4 Å². The average molecular weight is 449 g/mol. The molecule has 0 radical (unpaired) electrons. The van der Waals surface area contributed by atoms with Crippen LogP contribution in [0, 0.1) is 13.8 Å². The third-order valence-electron chi connectivity index (χ3n) is 5.08. The van der Waals surface area contributed by atoms with Gasteiger partial charge in [0.05, 0.1) is 29.9 Å². The number of anilines is 1. The van der Waals surface area contributed by atoms with Crippen LogP contribution < -0.4 is 10.1 Å². The standard InChI is InChI=1S/C23H24N6O2S/c1-15-21(16(2)28(3)27-15)24-20(30)14-32-23-26-25-22(17-9-8-12-19(13-17)31-4)29(23)18-10-6-5-7-11-18/h5-13H,14H2,1-4H3,(H,24,30). The molecule has 0 unspecified atom stereocenters. The van der Waals surface area contributed by atoms with Gasteiger partial charge in [-0.05, 0) is 38.1 Å². The molecule has 2 aromatic carbocycles. The first-order valence-corrected chi connectivity index (χ1v) is 11.0. The molecule has 1 amide bonds. The van der Waals surface area contributed by atoms with Crippen molar-refractivity contribution in [2.45, 2.75) is 19.0 Å². The summed E-state index contributed by atoms with van der Waals surface area (Å²) in [5.41, 5.74) is 4.24. The number of hydrogen-bond acceptors (Lipinski definition) is 6. The number of amides is 1. The van der Waals surface area contributed by atoms with Crippen molar-refractivity contribution in [1.29, 1.82) is 0 Å². The summed E-state index contributed by atoms with van der Waals surface area (Å²) in [6.07, 6.45) is 0. The second-order valence-corrected chi connectivity index (χ2v) is 8.16. The first-order valence-electron chi connectivity index (χ1n) is 10.1. The van der Waals surface area contributed by atoms with Gasteiger partial charge in [0.1, 0.15) is 5.75 Å². The van der Waals surface area contributed by atoms with Crippen LogP contribution in [0.4, 0.5) is 5.69 Å². The van der Waals surface area contributed by atoms with E-state index in [1.165, 1.54) is 11.8 Å². The molecule has 2 heterocycles. The third kappa shape index (κ3) is 4.38. The number of para-hydroxylation sites is 1. The van der Waals surface area contributed by atoms with Gasteiger partial charge in [0.25, 0.3) is 0 Å². The predicted octanol–water partition coefficient (Wildman–Crippen LogP) is 4.02. The van der Waals surface area contributed by atoms with Gasteiger partial charge < -0.3 is 10.1 Å². The van der Waals surface area contributed by atoms with E-state index in [4.69, 9.17) is 4.74 Å². The number of carbonyl (C=O) groups excluding carboxylic acids is 1. The molecule has 0 spiro atoms. The van der Waals surface area contributed by atoms with Crippen LogP contribution in [0.25, 0.3) is 17.1 Å². The summed E-state index contributed by atoms with van der Waals surface area (Å²) < 4.78 is 9.07. The molecule has 0 aliphatic heterocycles. The molecule has 2 aromatic heterocycles. The van der Waals surface area contributed by atoms with Crippen LogP contribution in [0.1, 0.15) is 11.4 Å². The van der Waals surface area contributed by atoms with Gasteiger partial charge in [-0.2, -0.15) is 5.10 Å². The molecular weight excluding hydrogens is 424 g/mol. The van der Waals surface area contributed by atoms with Crippen LogP contribution in [0.5, 0.6) is 5.75 Å². The van der Waals surface area contributed by atoms with E-state index in [-0.39, 0.29) is 11.7 Å². The fraction of sp³-hybridized carbons (Fsp3) is 0.217. The molecule has 0 aliphatic rings. The van der Waals surface area contributed by atoms with Gasteiger partial charge in [0.2, 0.25) is 5.91 Å². The molecule has 4 aromatic rings. The number of aryl methyl sites for hydroxylation is 2. The van der Waals surface area contributed by atoms with E-state index in [1.54, 1.807) is 11.8 Å². The molecule has 0 saturated carbocycles. The number of rotatable bonds is 7. The summed E-state index contributed by atoms with van der Waals surface area (Å²) in [4.78, 5) is 12.7. The maximum Gasteiger partial charge on any atom is 0.234 e. The van der Waals surface area contributed by atoms with Crippen molar-refractivity contribution in [2.75, 3.05) is 18.2 Å². The quantitative estimate of drug-likeness (QED) is 0.430. The van der Waals surface area contributed by atoms with Crippen LogP contribution in [0.3, 0.4) is 0 Å². The smallest absolute Gasteiger partial charge is 0.234 e. The molecule has 1 N–H and O–H groups in total. The molecule has 164 valence electrons. The summed E-state index contributed by atoms with van der Waals surface area (Å²) in [5.74, 6) is 1.48. The largest absolute Gasteiger partial charge is 0.497 e. The maximum absolute atomic E-state index is 12.7. The van der Waals surface area contributed by atoms with Crippen molar-refractivity contribution in [1.82, 2.24) is 24.5 Å². The first-order chi connectivity index (χ1) is 15.5. The molecule has 0 bridgehead atoms. The van der Waals surface area contributed by atoms with Gasteiger partial charge in [-0.25, -0.2) is 0 Å². The summed E-state index contributed by atoms with van der Waals surface area (Å²) in [7, 11) is 3.49. The zero-order chi connectivity index (χ0) is 22.7. The normalized spacial score (nSPS) is 10.9. The van der Waals surface area contributed by atoms with Crippen molar-refractivity contribution < 1.29 is 9.53 Å². The van der Waals surface area contributed by atoms with E-state index >= 15 is 0 Å². The lowest BCUT2D eigenvalue weighted by Crippen LogP contribution is -2.15. The SMILES string of the molecule is COc1cccc(-c2nnc(SCC(=O)Nc3c(C)nn(C)c3C)n2-c2ccccc2)c1. The Bertz CT molecular complexity index is 1250. The maximum atomic E-state index is 12.7. The molecule has 9 heteroatoms. The van der Waals surface area contributed by atoms with E-state index in [2.05, 4.69) is 20.6 Å². The Hall–Kier alpha value is -3.59. The monoisotopic (exact) mass is 448 g/mol.